The molecule has 1 amide bonds. The fourth-order valence-electron chi connectivity index (χ4n) is 3.71. The van der Waals surface area contributed by atoms with Gasteiger partial charge >= 0.3 is 6.18 Å². The number of alkyl halides is 3. The predicted molar refractivity (Wildman–Crippen MR) is 109 cm³/mol. The van der Waals surface area contributed by atoms with Gasteiger partial charge in [0.15, 0.2) is 6.61 Å². The molecule has 0 N–H and O–H groups in total. The molecule has 0 aromatic carbocycles. The lowest BCUT2D eigenvalue weighted by atomic mass is 10.1. The van der Waals surface area contributed by atoms with E-state index in [0.717, 1.165) is 11.4 Å². The largest absolute Gasteiger partial charge is 0.468 e. The summed E-state index contributed by atoms with van der Waals surface area (Å²) in [5.41, 5.74) is 2.66. The number of hydrogen-bond donors (Lipinski definition) is 0. The minimum Gasteiger partial charge on any atom is -0.468 e. The lowest BCUT2D eigenvalue weighted by molar-refractivity contribution is -0.154. The zero-order chi connectivity index (χ0) is 22.2. The van der Waals surface area contributed by atoms with Crippen LogP contribution in [0, 0.1) is 6.92 Å². The van der Waals surface area contributed by atoms with E-state index < -0.39 is 12.8 Å². The molecular weight excluding hydrogens is 409 g/mol. The highest BCUT2D eigenvalue weighted by Crippen LogP contribution is 2.36. The highest BCUT2D eigenvalue weighted by atomic mass is 19.4. The molecule has 1 unspecified atom stereocenters. The molecule has 6 nitrogen and oxygen atoms in total. The lowest BCUT2D eigenvalue weighted by Crippen LogP contribution is -2.27. The number of nitrogens with zero attached hydrogens (tertiary/aromatic N) is 4. The van der Waals surface area contributed by atoms with Crippen LogP contribution in [0.4, 0.5) is 19.0 Å². The molecule has 9 heteroatoms. The monoisotopic (exact) mass is 430 g/mol. The van der Waals surface area contributed by atoms with Crippen LogP contribution < -0.4 is 9.64 Å². The SMILES string of the molecule is Cc1cc(C(C)N2Cc3c(ccnc3N3C=CC=CC3)C2=O)cnc1OCC(F)(F)F. The molecule has 1 atom stereocenters. The van der Waals surface area contributed by atoms with Crippen molar-refractivity contribution in [3.8, 4) is 5.88 Å². The van der Waals surface area contributed by atoms with Crippen LogP contribution in [0.1, 0.15) is 40.0 Å². The van der Waals surface area contributed by atoms with Crippen LogP contribution in [0.25, 0.3) is 0 Å². The number of anilines is 1. The van der Waals surface area contributed by atoms with Crippen molar-refractivity contribution in [1.29, 1.82) is 0 Å². The number of allylic oxidation sites excluding steroid dienone is 2. The summed E-state index contributed by atoms with van der Waals surface area (Å²) >= 11 is 0. The predicted octanol–water partition coefficient (Wildman–Crippen LogP) is 4.33. The number of pyridine rings is 2. The van der Waals surface area contributed by atoms with Crippen molar-refractivity contribution >= 4 is 11.7 Å². The molecule has 4 heterocycles. The van der Waals surface area contributed by atoms with Crippen LogP contribution in [0.2, 0.25) is 0 Å². The molecule has 2 aromatic heterocycles. The molecule has 0 bridgehead atoms. The third-order valence-electron chi connectivity index (χ3n) is 5.31. The Labute approximate surface area is 177 Å². The van der Waals surface area contributed by atoms with Crippen molar-refractivity contribution in [2.24, 2.45) is 0 Å². The number of fused-ring (bicyclic) bond motifs is 1. The van der Waals surface area contributed by atoms with Crippen LogP contribution >= 0.6 is 0 Å². The Morgan fingerprint density at radius 3 is 2.74 bits per heavy atom. The molecule has 2 aliphatic heterocycles. The fourth-order valence-corrected chi connectivity index (χ4v) is 3.71. The molecular formula is C22H21F3N4O2. The van der Waals surface area contributed by atoms with E-state index in [0.29, 0.717) is 29.8 Å². The topological polar surface area (TPSA) is 58.6 Å². The van der Waals surface area contributed by atoms with Gasteiger partial charge in [0.2, 0.25) is 5.88 Å². The molecule has 2 aliphatic rings. The number of hydrogen-bond acceptors (Lipinski definition) is 5. The van der Waals surface area contributed by atoms with Crippen LogP contribution in [0.3, 0.4) is 0 Å². The number of ether oxygens (including phenoxy) is 1. The highest BCUT2D eigenvalue weighted by Gasteiger charge is 2.35. The Hall–Kier alpha value is -3.36. The van der Waals surface area contributed by atoms with Gasteiger partial charge in [-0.2, -0.15) is 13.2 Å². The fraction of sp³-hybridized carbons (Fsp3) is 0.318. The summed E-state index contributed by atoms with van der Waals surface area (Å²) in [5.74, 6) is 0.560. The molecule has 4 rings (SSSR count). The summed E-state index contributed by atoms with van der Waals surface area (Å²) in [5, 5.41) is 0. The zero-order valence-electron chi connectivity index (χ0n) is 17.1. The quantitative estimate of drug-likeness (QED) is 0.707. The average Bonchev–Trinajstić information content (AvgIpc) is 3.09. The maximum absolute atomic E-state index is 13.1. The van der Waals surface area contributed by atoms with Crippen molar-refractivity contribution in [3.63, 3.8) is 0 Å². The molecule has 31 heavy (non-hydrogen) atoms. The van der Waals surface area contributed by atoms with Gasteiger partial charge in [-0.15, -0.1) is 0 Å². The van der Waals surface area contributed by atoms with Gasteiger partial charge in [0.25, 0.3) is 5.91 Å². The number of rotatable bonds is 5. The number of amides is 1. The van der Waals surface area contributed by atoms with E-state index in [1.807, 2.05) is 36.3 Å². The smallest absolute Gasteiger partial charge is 0.422 e. The summed E-state index contributed by atoms with van der Waals surface area (Å²) in [6.45, 7) is 3.16. The van der Waals surface area contributed by atoms with Gasteiger partial charge in [0, 0.05) is 41.8 Å². The van der Waals surface area contributed by atoms with Crippen molar-refractivity contribution in [2.45, 2.75) is 32.6 Å². The maximum Gasteiger partial charge on any atom is 0.422 e. The molecule has 0 saturated carbocycles. The Balaban J connectivity index is 1.55. The number of aryl methyl sites for hydroxylation is 1. The van der Waals surface area contributed by atoms with Crippen molar-refractivity contribution < 1.29 is 22.7 Å². The molecule has 2 aromatic rings. The molecule has 0 saturated heterocycles. The summed E-state index contributed by atoms with van der Waals surface area (Å²) < 4.78 is 42.0. The second kappa shape index (κ2) is 8.05. The second-order valence-corrected chi connectivity index (χ2v) is 7.49. The van der Waals surface area contributed by atoms with Crippen molar-refractivity contribution in [3.05, 3.63) is 71.2 Å². The van der Waals surface area contributed by atoms with Gasteiger partial charge in [-0.05, 0) is 37.6 Å². The second-order valence-electron chi connectivity index (χ2n) is 7.49. The minimum atomic E-state index is -4.43. The summed E-state index contributed by atoms with van der Waals surface area (Å²) in [6.07, 6.45) is 6.46. The first-order valence-corrected chi connectivity index (χ1v) is 9.79. The third-order valence-corrected chi connectivity index (χ3v) is 5.31. The molecule has 0 radical (unpaired) electrons. The van der Waals surface area contributed by atoms with Crippen LogP contribution in [0.15, 0.2) is 49.0 Å². The van der Waals surface area contributed by atoms with E-state index in [-0.39, 0.29) is 17.8 Å². The average molecular weight is 430 g/mol. The van der Waals surface area contributed by atoms with Crippen LogP contribution in [-0.4, -0.2) is 40.1 Å². The van der Waals surface area contributed by atoms with Gasteiger partial charge in [-0.1, -0.05) is 12.2 Å². The van der Waals surface area contributed by atoms with E-state index in [9.17, 15) is 18.0 Å². The number of carbonyl (C=O) groups is 1. The Kier molecular flexibility index (Phi) is 5.43. The van der Waals surface area contributed by atoms with Crippen LogP contribution in [0.5, 0.6) is 5.88 Å². The van der Waals surface area contributed by atoms with Crippen molar-refractivity contribution in [2.75, 3.05) is 18.1 Å². The summed E-state index contributed by atoms with van der Waals surface area (Å²) in [7, 11) is 0. The van der Waals surface area contributed by atoms with E-state index >= 15 is 0 Å². The van der Waals surface area contributed by atoms with Gasteiger partial charge in [-0.3, -0.25) is 4.79 Å². The van der Waals surface area contributed by atoms with E-state index in [1.54, 1.807) is 30.2 Å². The van der Waals surface area contributed by atoms with Gasteiger partial charge < -0.3 is 14.5 Å². The van der Waals surface area contributed by atoms with E-state index in [2.05, 4.69) is 9.97 Å². The first-order valence-electron chi connectivity index (χ1n) is 9.79. The number of halogens is 3. The number of aromatic nitrogens is 2. The van der Waals surface area contributed by atoms with E-state index in [4.69, 9.17) is 4.74 Å². The maximum atomic E-state index is 13.1. The van der Waals surface area contributed by atoms with Gasteiger partial charge in [0.1, 0.15) is 5.82 Å². The minimum absolute atomic E-state index is 0.0688. The van der Waals surface area contributed by atoms with E-state index in [1.165, 1.54) is 6.20 Å². The van der Waals surface area contributed by atoms with Gasteiger partial charge in [-0.25, -0.2) is 9.97 Å². The molecule has 0 spiro atoms. The normalized spacial score (nSPS) is 16.6. The Morgan fingerprint density at radius 2 is 2.06 bits per heavy atom. The van der Waals surface area contributed by atoms with Gasteiger partial charge in [0.05, 0.1) is 12.6 Å². The van der Waals surface area contributed by atoms with Crippen LogP contribution in [-0.2, 0) is 6.54 Å². The first kappa shape index (κ1) is 20.9. The Bertz CT molecular complexity index is 1070. The summed E-state index contributed by atoms with van der Waals surface area (Å²) in [4.78, 5) is 25.3. The lowest BCUT2D eigenvalue weighted by Gasteiger charge is -2.26. The first-order chi connectivity index (χ1) is 14.7. The number of carbonyl (C=O) groups excluding carboxylic acids is 1. The van der Waals surface area contributed by atoms with Crippen molar-refractivity contribution in [1.82, 2.24) is 14.9 Å². The highest BCUT2D eigenvalue weighted by molar-refractivity contribution is 6.00. The molecule has 0 aliphatic carbocycles. The molecule has 162 valence electrons. The zero-order valence-corrected chi connectivity index (χ0v) is 17.1. The standard InChI is InChI=1S/C22H21F3N4O2/c1-14-10-16(11-27-20(14)31-13-22(23,24)25)15(2)29-12-18-17(21(29)30)6-7-26-19(18)28-8-4-3-5-9-28/h3-8,10-11,15H,9,12-13H2,1-2H3. The third kappa shape index (κ3) is 4.26. The Morgan fingerprint density at radius 1 is 1.26 bits per heavy atom. The summed E-state index contributed by atoms with van der Waals surface area (Å²) in [6, 6.07) is 3.10. The molecule has 0 fully saturated rings.